The fraction of sp³-hybridized carbons (Fsp3) is 0.182. The van der Waals surface area contributed by atoms with Crippen LogP contribution in [0.3, 0.4) is 0 Å². The van der Waals surface area contributed by atoms with Crippen molar-refractivity contribution in [1.82, 2.24) is 14.9 Å². The maximum atomic E-state index is 12.2. The first kappa shape index (κ1) is 14.5. The maximum absolute atomic E-state index is 12.2. The second-order valence-corrected chi connectivity index (χ2v) is 6.93. The van der Waals surface area contributed by atoms with Crippen molar-refractivity contribution in [2.45, 2.75) is 17.9 Å². The van der Waals surface area contributed by atoms with E-state index in [1.165, 1.54) is 18.2 Å². The average Bonchev–Trinajstić information content (AvgIpc) is 2.85. The summed E-state index contributed by atoms with van der Waals surface area (Å²) in [4.78, 5) is 0.152. The summed E-state index contributed by atoms with van der Waals surface area (Å²) in [6.07, 6.45) is 3.22. The minimum atomic E-state index is -3.61. The Morgan fingerprint density at radius 2 is 2.21 bits per heavy atom. The van der Waals surface area contributed by atoms with Gasteiger partial charge in [0.25, 0.3) is 0 Å². The number of nitrogens with zero attached hydrogens (tertiary/aromatic N) is 1. The molecule has 0 saturated carbocycles. The first-order chi connectivity index (χ1) is 8.90. The molecule has 0 saturated heterocycles. The molecule has 2 aromatic rings. The molecule has 1 atom stereocenters. The molecular weight excluding hydrogens is 354 g/mol. The van der Waals surface area contributed by atoms with E-state index in [4.69, 9.17) is 11.6 Å². The minimum absolute atomic E-state index is 0.152. The van der Waals surface area contributed by atoms with Gasteiger partial charge in [0.2, 0.25) is 10.0 Å². The highest BCUT2D eigenvalue weighted by Crippen LogP contribution is 2.26. The molecule has 1 aromatic heterocycles. The first-order valence-corrected chi connectivity index (χ1v) is 8.01. The summed E-state index contributed by atoms with van der Waals surface area (Å²) in [6.45, 7) is 1.74. The van der Waals surface area contributed by atoms with Gasteiger partial charge in [-0.2, -0.15) is 5.10 Å². The van der Waals surface area contributed by atoms with Gasteiger partial charge in [0.05, 0.1) is 16.1 Å². The van der Waals surface area contributed by atoms with Crippen LogP contribution in [-0.2, 0) is 10.0 Å². The number of hydrogen-bond donors (Lipinski definition) is 2. The molecule has 102 valence electrons. The van der Waals surface area contributed by atoms with E-state index in [9.17, 15) is 8.42 Å². The van der Waals surface area contributed by atoms with Crippen LogP contribution in [0.2, 0.25) is 5.02 Å². The third-order valence-corrected chi connectivity index (χ3v) is 5.31. The van der Waals surface area contributed by atoms with Gasteiger partial charge in [-0.05, 0) is 41.1 Å². The van der Waals surface area contributed by atoms with E-state index in [0.717, 1.165) is 5.56 Å². The van der Waals surface area contributed by atoms with Crippen LogP contribution in [0.5, 0.6) is 0 Å². The highest BCUT2D eigenvalue weighted by Gasteiger charge is 2.19. The lowest BCUT2D eigenvalue weighted by molar-refractivity contribution is 0.567. The Morgan fingerprint density at radius 3 is 2.79 bits per heavy atom. The molecule has 5 nitrogen and oxygen atoms in total. The Hall–Kier alpha value is -0.890. The minimum Gasteiger partial charge on any atom is -0.285 e. The summed E-state index contributed by atoms with van der Waals surface area (Å²) in [5, 5.41) is 6.89. The Bertz CT molecular complexity index is 673. The quantitative estimate of drug-likeness (QED) is 0.876. The molecular formula is C11H11BrClN3O2S. The summed E-state index contributed by atoms with van der Waals surface area (Å²) < 4.78 is 27.5. The zero-order valence-corrected chi connectivity index (χ0v) is 13.1. The van der Waals surface area contributed by atoms with Gasteiger partial charge in [0.15, 0.2) is 0 Å². The van der Waals surface area contributed by atoms with Gasteiger partial charge in [-0.3, -0.25) is 5.10 Å². The van der Waals surface area contributed by atoms with Gasteiger partial charge in [-0.25, -0.2) is 13.1 Å². The molecule has 1 heterocycles. The van der Waals surface area contributed by atoms with Crippen LogP contribution < -0.4 is 4.72 Å². The van der Waals surface area contributed by atoms with Crippen molar-refractivity contribution in [3.63, 3.8) is 0 Å². The van der Waals surface area contributed by atoms with E-state index in [0.29, 0.717) is 9.50 Å². The van der Waals surface area contributed by atoms with Gasteiger partial charge in [-0.15, -0.1) is 0 Å². The highest BCUT2D eigenvalue weighted by molar-refractivity contribution is 9.10. The van der Waals surface area contributed by atoms with Crippen LogP contribution in [-0.4, -0.2) is 18.6 Å². The van der Waals surface area contributed by atoms with Crippen LogP contribution in [0.15, 0.2) is 40.0 Å². The Morgan fingerprint density at radius 1 is 1.47 bits per heavy atom. The van der Waals surface area contributed by atoms with Crippen molar-refractivity contribution in [3.8, 4) is 0 Å². The van der Waals surface area contributed by atoms with Crippen molar-refractivity contribution in [1.29, 1.82) is 0 Å². The monoisotopic (exact) mass is 363 g/mol. The first-order valence-electron chi connectivity index (χ1n) is 5.36. The maximum Gasteiger partial charge on any atom is 0.241 e. The summed E-state index contributed by atoms with van der Waals surface area (Å²) >= 11 is 9.05. The van der Waals surface area contributed by atoms with Crippen molar-refractivity contribution >= 4 is 37.6 Å². The molecule has 0 aliphatic heterocycles. The number of hydrogen-bond acceptors (Lipinski definition) is 3. The fourth-order valence-corrected chi connectivity index (χ4v) is 3.42. The molecule has 8 heteroatoms. The molecule has 0 radical (unpaired) electrons. The number of rotatable bonds is 4. The summed E-state index contributed by atoms with van der Waals surface area (Å²) in [5.41, 5.74) is 0.761. The van der Waals surface area contributed by atoms with E-state index in [2.05, 4.69) is 30.8 Å². The molecule has 0 aliphatic carbocycles. The van der Waals surface area contributed by atoms with Crippen molar-refractivity contribution in [3.05, 3.63) is 45.7 Å². The Kier molecular flexibility index (Phi) is 4.29. The largest absolute Gasteiger partial charge is 0.285 e. The smallest absolute Gasteiger partial charge is 0.241 e. The third-order valence-electron chi connectivity index (χ3n) is 2.55. The van der Waals surface area contributed by atoms with Gasteiger partial charge < -0.3 is 0 Å². The standard InChI is InChI=1S/C11H11BrClN3O2S/c1-7(8-5-14-15-6-8)16-19(17,18)9-2-3-11(13)10(12)4-9/h2-7,16H,1H3,(H,14,15). The molecule has 1 unspecified atom stereocenters. The highest BCUT2D eigenvalue weighted by atomic mass is 79.9. The lowest BCUT2D eigenvalue weighted by Crippen LogP contribution is -2.26. The molecule has 19 heavy (non-hydrogen) atoms. The van der Waals surface area contributed by atoms with Crippen molar-refractivity contribution in [2.24, 2.45) is 0 Å². The lowest BCUT2D eigenvalue weighted by Gasteiger charge is -2.13. The molecule has 0 amide bonds. The van der Waals surface area contributed by atoms with Gasteiger partial charge in [-0.1, -0.05) is 11.6 Å². The third kappa shape index (κ3) is 3.36. The number of sulfonamides is 1. The molecule has 1 aromatic carbocycles. The normalized spacial score (nSPS) is 13.4. The molecule has 0 fully saturated rings. The van der Waals surface area contributed by atoms with E-state index in [1.54, 1.807) is 19.3 Å². The number of halogens is 2. The summed E-state index contributed by atoms with van der Waals surface area (Å²) in [6, 6.07) is 4.07. The zero-order chi connectivity index (χ0) is 14.0. The molecule has 2 rings (SSSR count). The average molecular weight is 365 g/mol. The Balaban J connectivity index is 2.25. The second kappa shape index (κ2) is 5.62. The van der Waals surface area contributed by atoms with E-state index < -0.39 is 10.0 Å². The SMILES string of the molecule is CC(NS(=O)(=O)c1ccc(Cl)c(Br)c1)c1cn[nH]c1. The fourth-order valence-electron chi connectivity index (χ4n) is 1.51. The number of benzene rings is 1. The van der Waals surface area contributed by atoms with Crippen molar-refractivity contribution in [2.75, 3.05) is 0 Å². The van der Waals surface area contributed by atoms with Gasteiger partial charge in [0.1, 0.15) is 0 Å². The van der Waals surface area contributed by atoms with Crippen LogP contribution in [0.1, 0.15) is 18.5 Å². The predicted octanol–water partition coefficient (Wildman–Crippen LogP) is 2.87. The number of H-pyrrole nitrogens is 1. The second-order valence-electron chi connectivity index (χ2n) is 3.95. The van der Waals surface area contributed by atoms with Gasteiger partial charge in [0, 0.05) is 22.3 Å². The van der Waals surface area contributed by atoms with E-state index in [-0.39, 0.29) is 10.9 Å². The predicted molar refractivity (Wildman–Crippen MR) is 76.5 cm³/mol. The summed E-state index contributed by atoms with van der Waals surface area (Å²) in [7, 11) is -3.61. The summed E-state index contributed by atoms with van der Waals surface area (Å²) in [5.74, 6) is 0. The van der Waals surface area contributed by atoms with Crippen molar-refractivity contribution < 1.29 is 8.42 Å². The number of nitrogens with one attached hydrogen (secondary N) is 2. The van der Waals surface area contributed by atoms with Crippen LogP contribution >= 0.6 is 27.5 Å². The van der Waals surface area contributed by atoms with E-state index >= 15 is 0 Å². The molecule has 0 spiro atoms. The van der Waals surface area contributed by atoms with E-state index in [1.807, 2.05) is 0 Å². The number of aromatic amines is 1. The number of aromatic nitrogens is 2. The van der Waals surface area contributed by atoms with Crippen LogP contribution in [0.25, 0.3) is 0 Å². The van der Waals surface area contributed by atoms with Crippen LogP contribution in [0, 0.1) is 0 Å². The zero-order valence-electron chi connectivity index (χ0n) is 9.89. The Labute approximate surface area is 124 Å². The molecule has 0 aliphatic rings. The van der Waals surface area contributed by atoms with Gasteiger partial charge >= 0.3 is 0 Å². The topological polar surface area (TPSA) is 74.8 Å². The lowest BCUT2D eigenvalue weighted by atomic mass is 10.2. The molecule has 2 N–H and O–H groups in total. The van der Waals surface area contributed by atoms with Crippen LogP contribution in [0.4, 0.5) is 0 Å². The molecule has 0 bridgehead atoms.